The molecule has 0 bridgehead atoms. The number of carboxylic acids is 2. The summed E-state index contributed by atoms with van der Waals surface area (Å²) in [7, 11) is 0. The van der Waals surface area contributed by atoms with Crippen LogP contribution in [0.1, 0.15) is 12.8 Å². The Morgan fingerprint density at radius 3 is 2.43 bits per heavy atom. The number of para-hydroxylation sites is 2. The number of benzene rings is 1. The van der Waals surface area contributed by atoms with E-state index in [9.17, 15) is 19.5 Å². The van der Waals surface area contributed by atoms with Crippen LogP contribution in [0.25, 0.3) is 0 Å². The highest BCUT2D eigenvalue weighted by molar-refractivity contribution is 5.84. The van der Waals surface area contributed by atoms with Crippen molar-refractivity contribution >= 4 is 17.8 Å². The number of ether oxygens (including phenoxy) is 1. The molecule has 8 nitrogen and oxygen atoms in total. The maximum Gasteiger partial charge on any atom is 0.326 e. The second-order valence-corrected chi connectivity index (χ2v) is 4.15. The smallest absolute Gasteiger partial charge is 0.326 e. The summed E-state index contributed by atoms with van der Waals surface area (Å²) in [5, 5.41) is 29.0. The van der Waals surface area contributed by atoms with E-state index in [-0.39, 0.29) is 24.3 Å². The third-order valence-electron chi connectivity index (χ3n) is 2.50. The van der Waals surface area contributed by atoms with Crippen molar-refractivity contribution in [1.29, 1.82) is 0 Å². The maximum absolute atomic E-state index is 11.6. The molecule has 0 fully saturated rings. The van der Waals surface area contributed by atoms with E-state index in [1.807, 2.05) is 0 Å². The molecule has 0 aliphatic heterocycles. The van der Waals surface area contributed by atoms with Crippen LogP contribution < -0.4 is 10.1 Å². The Labute approximate surface area is 120 Å². The molecule has 1 amide bonds. The second kappa shape index (κ2) is 7.73. The van der Waals surface area contributed by atoms with Crippen LogP contribution in [-0.2, 0) is 14.4 Å². The molecule has 0 aromatic heterocycles. The first kappa shape index (κ1) is 16.3. The maximum atomic E-state index is 11.6. The van der Waals surface area contributed by atoms with Gasteiger partial charge in [-0.15, -0.1) is 0 Å². The zero-order valence-electron chi connectivity index (χ0n) is 11.0. The van der Waals surface area contributed by atoms with Crippen molar-refractivity contribution in [3.63, 3.8) is 0 Å². The first-order valence-corrected chi connectivity index (χ1v) is 6.05. The molecule has 1 unspecified atom stereocenters. The minimum absolute atomic E-state index is 0.0880. The highest BCUT2D eigenvalue weighted by Crippen LogP contribution is 2.23. The lowest BCUT2D eigenvalue weighted by Gasteiger charge is -2.14. The molecule has 0 aliphatic carbocycles. The van der Waals surface area contributed by atoms with Gasteiger partial charge in [-0.3, -0.25) is 9.59 Å². The van der Waals surface area contributed by atoms with E-state index in [0.29, 0.717) is 0 Å². The number of carbonyl (C=O) groups excluding carboxylic acids is 1. The van der Waals surface area contributed by atoms with Crippen molar-refractivity contribution in [3.05, 3.63) is 24.3 Å². The van der Waals surface area contributed by atoms with E-state index < -0.39 is 30.5 Å². The number of rotatable bonds is 8. The van der Waals surface area contributed by atoms with Gasteiger partial charge in [0.1, 0.15) is 6.04 Å². The Kier molecular flexibility index (Phi) is 5.99. The average molecular weight is 297 g/mol. The van der Waals surface area contributed by atoms with Crippen molar-refractivity contribution < 1.29 is 34.4 Å². The average Bonchev–Trinajstić information content (AvgIpc) is 2.42. The van der Waals surface area contributed by atoms with E-state index in [1.54, 1.807) is 12.1 Å². The van der Waals surface area contributed by atoms with Gasteiger partial charge in [-0.1, -0.05) is 12.1 Å². The minimum Gasteiger partial charge on any atom is -0.504 e. The number of aromatic hydroxyl groups is 1. The largest absolute Gasteiger partial charge is 0.504 e. The third-order valence-corrected chi connectivity index (χ3v) is 2.50. The Hall–Kier alpha value is -2.77. The summed E-state index contributed by atoms with van der Waals surface area (Å²) < 4.78 is 5.03. The molecule has 1 rings (SSSR count). The lowest BCUT2D eigenvalue weighted by Crippen LogP contribution is -2.43. The SMILES string of the molecule is O=C(O)CCC(NC(=O)COc1ccccc1O)C(=O)O. The molecule has 0 aliphatic rings. The van der Waals surface area contributed by atoms with Crippen LogP contribution in [0.3, 0.4) is 0 Å². The zero-order chi connectivity index (χ0) is 15.8. The Morgan fingerprint density at radius 2 is 1.86 bits per heavy atom. The summed E-state index contributed by atoms with van der Waals surface area (Å²) in [6, 6.07) is 4.69. The molecule has 21 heavy (non-hydrogen) atoms. The van der Waals surface area contributed by atoms with Gasteiger partial charge in [0, 0.05) is 6.42 Å². The summed E-state index contributed by atoms with van der Waals surface area (Å²) in [5.74, 6) is -3.26. The number of hydrogen-bond acceptors (Lipinski definition) is 5. The fourth-order valence-corrected chi connectivity index (χ4v) is 1.48. The van der Waals surface area contributed by atoms with E-state index in [0.717, 1.165) is 0 Å². The molecule has 0 radical (unpaired) electrons. The Balaban J connectivity index is 2.49. The van der Waals surface area contributed by atoms with E-state index in [2.05, 4.69) is 5.32 Å². The zero-order valence-corrected chi connectivity index (χ0v) is 11.0. The van der Waals surface area contributed by atoms with Gasteiger partial charge < -0.3 is 25.4 Å². The van der Waals surface area contributed by atoms with Crippen LogP contribution in [0.5, 0.6) is 11.5 Å². The summed E-state index contributed by atoms with van der Waals surface area (Å²) in [6.45, 7) is -0.492. The fraction of sp³-hybridized carbons (Fsp3) is 0.308. The lowest BCUT2D eigenvalue weighted by molar-refractivity contribution is -0.143. The number of amides is 1. The van der Waals surface area contributed by atoms with Crippen molar-refractivity contribution in [2.75, 3.05) is 6.61 Å². The van der Waals surface area contributed by atoms with Gasteiger partial charge in [0.15, 0.2) is 18.1 Å². The summed E-state index contributed by atoms with van der Waals surface area (Å²) in [5.41, 5.74) is 0. The van der Waals surface area contributed by atoms with Gasteiger partial charge in [-0.25, -0.2) is 4.79 Å². The Morgan fingerprint density at radius 1 is 1.19 bits per heavy atom. The van der Waals surface area contributed by atoms with Crippen LogP contribution >= 0.6 is 0 Å². The van der Waals surface area contributed by atoms with Crippen LogP contribution in [0.15, 0.2) is 24.3 Å². The molecule has 1 aromatic rings. The number of carbonyl (C=O) groups is 3. The molecule has 114 valence electrons. The van der Waals surface area contributed by atoms with Gasteiger partial charge in [-0.05, 0) is 18.6 Å². The molecule has 1 atom stereocenters. The normalized spacial score (nSPS) is 11.4. The van der Waals surface area contributed by atoms with Crippen LogP contribution in [0.4, 0.5) is 0 Å². The molecule has 1 aromatic carbocycles. The number of hydrogen-bond donors (Lipinski definition) is 4. The number of nitrogens with one attached hydrogen (secondary N) is 1. The van der Waals surface area contributed by atoms with Crippen molar-refractivity contribution in [2.45, 2.75) is 18.9 Å². The lowest BCUT2D eigenvalue weighted by atomic mass is 10.1. The molecule has 8 heteroatoms. The molecule has 0 heterocycles. The second-order valence-electron chi connectivity index (χ2n) is 4.15. The number of aliphatic carboxylic acids is 2. The van der Waals surface area contributed by atoms with Crippen LogP contribution in [-0.4, -0.2) is 45.8 Å². The summed E-state index contributed by atoms with van der Waals surface area (Å²) in [4.78, 5) is 32.8. The van der Waals surface area contributed by atoms with Crippen molar-refractivity contribution in [1.82, 2.24) is 5.32 Å². The van der Waals surface area contributed by atoms with Gasteiger partial charge in [0.2, 0.25) is 0 Å². The fourth-order valence-electron chi connectivity index (χ4n) is 1.48. The number of phenolic OH excluding ortho intramolecular Hbond substituents is 1. The van der Waals surface area contributed by atoms with Crippen molar-refractivity contribution in [3.8, 4) is 11.5 Å². The number of phenols is 1. The summed E-state index contributed by atoms with van der Waals surface area (Å²) in [6.07, 6.45) is -0.607. The van der Waals surface area contributed by atoms with E-state index in [4.69, 9.17) is 14.9 Å². The minimum atomic E-state index is -1.33. The highest BCUT2D eigenvalue weighted by Gasteiger charge is 2.21. The van der Waals surface area contributed by atoms with Gasteiger partial charge in [0.05, 0.1) is 0 Å². The molecule has 0 spiro atoms. The molecule has 0 saturated carbocycles. The topological polar surface area (TPSA) is 133 Å². The molecule has 4 N–H and O–H groups in total. The van der Waals surface area contributed by atoms with Crippen LogP contribution in [0.2, 0.25) is 0 Å². The number of carboxylic acid groups (broad SMARTS) is 2. The monoisotopic (exact) mass is 297 g/mol. The Bertz CT molecular complexity index is 529. The predicted octanol–water partition coefficient (Wildman–Crippen LogP) is 0.205. The first-order chi connectivity index (χ1) is 9.90. The quantitative estimate of drug-likeness (QED) is 0.538. The standard InChI is InChI=1S/C13H15NO7/c15-9-3-1-2-4-10(9)21-7-11(16)14-8(13(19)20)5-6-12(17)18/h1-4,8,15H,5-7H2,(H,14,16)(H,17,18)(H,19,20). The predicted molar refractivity (Wildman–Crippen MR) is 70.0 cm³/mol. The van der Waals surface area contributed by atoms with Crippen molar-refractivity contribution in [2.24, 2.45) is 0 Å². The third kappa shape index (κ3) is 5.81. The molecule has 0 saturated heterocycles. The van der Waals surface area contributed by atoms with Gasteiger partial charge >= 0.3 is 11.9 Å². The van der Waals surface area contributed by atoms with Gasteiger partial charge in [-0.2, -0.15) is 0 Å². The summed E-state index contributed by atoms with van der Waals surface area (Å²) >= 11 is 0. The molecular formula is C13H15NO7. The first-order valence-electron chi connectivity index (χ1n) is 6.05. The highest BCUT2D eigenvalue weighted by atomic mass is 16.5. The van der Waals surface area contributed by atoms with Gasteiger partial charge in [0.25, 0.3) is 5.91 Å². The van der Waals surface area contributed by atoms with Crippen LogP contribution in [0, 0.1) is 0 Å². The van der Waals surface area contributed by atoms with E-state index in [1.165, 1.54) is 12.1 Å². The van der Waals surface area contributed by atoms with E-state index >= 15 is 0 Å². The molecular weight excluding hydrogens is 282 g/mol.